The normalized spacial score (nSPS) is 13.1. The van der Waals surface area contributed by atoms with Crippen LogP contribution >= 0.6 is 0 Å². The summed E-state index contributed by atoms with van der Waals surface area (Å²) in [5.74, 6) is -0.277. The summed E-state index contributed by atoms with van der Waals surface area (Å²) in [6.45, 7) is 5.59. The number of hydrogen-bond acceptors (Lipinski definition) is 3. The molecule has 0 saturated heterocycles. The molecule has 0 heterocycles. The standard InChI is InChI=1S/C14H22N2O2/c1-14(2,3)18-16-13(17)12(15)10-9-11-7-5-4-6-8-11/h4-8,12H,9-10,15H2,1-3H3,(H,16,17). The van der Waals surface area contributed by atoms with E-state index in [0.717, 1.165) is 6.42 Å². The molecule has 0 aliphatic carbocycles. The third-order valence-electron chi connectivity index (χ3n) is 2.38. The number of rotatable bonds is 5. The molecule has 1 atom stereocenters. The van der Waals surface area contributed by atoms with Crippen LogP contribution in [0.5, 0.6) is 0 Å². The van der Waals surface area contributed by atoms with Crippen LogP contribution in [0.3, 0.4) is 0 Å². The summed E-state index contributed by atoms with van der Waals surface area (Å²) >= 11 is 0. The zero-order valence-electron chi connectivity index (χ0n) is 11.3. The third kappa shape index (κ3) is 5.80. The first-order valence-corrected chi connectivity index (χ1v) is 6.16. The monoisotopic (exact) mass is 250 g/mol. The lowest BCUT2D eigenvalue weighted by atomic mass is 10.1. The molecule has 1 amide bonds. The second kappa shape index (κ2) is 6.52. The molecule has 1 unspecified atom stereocenters. The fourth-order valence-corrected chi connectivity index (χ4v) is 1.38. The Balaban J connectivity index is 2.32. The molecule has 100 valence electrons. The number of nitrogens with one attached hydrogen (secondary N) is 1. The molecule has 0 radical (unpaired) electrons. The van der Waals surface area contributed by atoms with Gasteiger partial charge in [-0.15, -0.1) is 0 Å². The van der Waals surface area contributed by atoms with Crippen LogP contribution in [0.25, 0.3) is 0 Å². The average Bonchev–Trinajstić information content (AvgIpc) is 2.33. The predicted molar refractivity (Wildman–Crippen MR) is 71.7 cm³/mol. The van der Waals surface area contributed by atoms with Crippen molar-refractivity contribution in [3.05, 3.63) is 35.9 Å². The van der Waals surface area contributed by atoms with Gasteiger partial charge in [-0.3, -0.25) is 9.63 Å². The van der Waals surface area contributed by atoms with Gasteiger partial charge in [0, 0.05) is 0 Å². The highest BCUT2D eigenvalue weighted by Crippen LogP contribution is 2.06. The Hall–Kier alpha value is -1.39. The van der Waals surface area contributed by atoms with Gasteiger partial charge in [0.05, 0.1) is 11.6 Å². The van der Waals surface area contributed by atoms with Gasteiger partial charge in [-0.05, 0) is 39.2 Å². The second-order valence-corrected chi connectivity index (χ2v) is 5.31. The molecule has 0 spiro atoms. The van der Waals surface area contributed by atoms with E-state index in [1.165, 1.54) is 5.56 Å². The van der Waals surface area contributed by atoms with Gasteiger partial charge in [0.2, 0.25) is 0 Å². The van der Waals surface area contributed by atoms with Gasteiger partial charge in [-0.1, -0.05) is 30.3 Å². The lowest BCUT2D eigenvalue weighted by molar-refractivity contribution is -0.147. The molecule has 1 rings (SSSR count). The minimum absolute atomic E-state index is 0.277. The number of carbonyl (C=O) groups excluding carboxylic acids is 1. The van der Waals surface area contributed by atoms with Crippen molar-refractivity contribution in [3.8, 4) is 0 Å². The molecule has 3 N–H and O–H groups in total. The van der Waals surface area contributed by atoms with Crippen LogP contribution in [0.1, 0.15) is 32.8 Å². The maximum atomic E-state index is 11.6. The Morgan fingerprint density at radius 1 is 1.33 bits per heavy atom. The molecule has 4 heteroatoms. The maximum absolute atomic E-state index is 11.6. The van der Waals surface area contributed by atoms with Crippen LogP contribution in [0.2, 0.25) is 0 Å². The molecule has 0 bridgehead atoms. The first-order chi connectivity index (χ1) is 8.38. The molecular weight excluding hydrogens is 228 g/mol. The summed E-state index contributed by atoms with van der Waals surface area (Å²) in [6, 6.07) is 9.42. The first-order valence-electron chi connectivity index (χ1n) is 6.16. The first kappa shape index (κ1) is 14.7. The summed E-state index contributed by atoms with van der Waals surface area (Å²) < 4.78 is 0. The Morgan fingerprint density at radius 2 is 1.94 bits per heavy atom. The molecule has 1 aromatic rings. The van der Waals surface area contributed by atoms with Crippen LogP contribution in [0.4, 0.5) is 0 Å². The van der Waals surface area contributed by atoms with Gasteiger partial charge < -0.3 is 5.73 Å². The fourth-order valence-electron chi connectivity index (χ4n) is 1.38. The highest BCUT2D eigenvalue weighted by atomic mass is 16.7. The number of hydroxylamine groups is 1. The molecule has 4 nitrogen and oxygen atoms in total. The van der Waals surface area contributed by atoms with E-state index in [9.17, 15) is 4.79 Å². The van der Waals surface area contributed by atoms with Gasteiger partial charge in [0.25, 0.3) is 5.91 Å². The molecule has 0 aliphatic heterocycles. The van der Waals surface area contributed by atoms with Gasteiger partial charge in [-0.25, -0.2) is 5.48 Å². The third-order valence-corrected chi connectivity index (χ3v) is 2.38. The van der Waals surface area contributed by atoms with Crippen molar-refractivity contribution in [3.63, 3.8) is 0 Å². The minimum Gasteiger partial charge on any atom is -0.320 e. The van der Waals surface area contributed by atoms with Gasteiger partial charge in [0.15, 0.2) is 0 Å². The summed E-state index contributed by atoms with van der Waals surface area (Å²) in [5, 5.41) is 0. The Bertz CT molecular complexity index is 371. The van der Waals surface area contributed by atoms with Crippen molar-refractivity contribution in [2.45, 2.75) is 45.3 Å². The largest absolute Gasteiger partial charge is 0.320 e. The average molecular weight is 250 g/mol. The van der Waals surface area contributed by atoms with Crippen molar-refractivity contribution < 1.29 is 9.63 Å². The lowest BCUT2D eigenvalue weighted by Gasteiger charge is -2.20. The van der Waals surface area contributed by atoms with Crippen molar-refractivity contribution in [1.82, 2.24) is 5.48 Å². The van der Waals surface area contributed by atoms with Crippen LogP contribution < -0.4 is 11.2 Å². The molecule has 18 heavy (non-hydrogen) atoms. The SMILES string of the molecule is CC(C)(C)ONC(=O)C(N)CCc1ccccc1. The second-order valence-electron chi connectivity index (χ2n) is 5.31. The van der Waals surface area contributed by atoms with Gasteiger partial charge >= 0.3 is 0 Å². The van der Waals surface area contributed by atoms with E-state index < -0.39 is 11.6 Å². The topological polar surface area (TPSA) is 64.3 Å². The highest BCUT2D eigenvalue weighted by Gasteiger charge is 2.17. The smallest absolute Gasteiger partial charge is 0.260 e. The molecule has 0 aliphatic rings. The zero-order valence-corrected chi connectivity index (χ0v) is 11.3. The zero-order chi connectivity index (χ0) is 13.6. The number of hydrogen-bond donors (Lipinski definition) is 2. The van der Waals surface area contributed by atoms with E-state index in [1.807, 2.05) is 51.1 Å². The summed E-state index contributed by atoms with van der Waals surface area (Å²) in [7, 11) is 0. The number of nitrogens with two attached hydrogens (primary N) is 1. The quantitative estimate of drug-likeness (QED) is 0.783. The summed E-state index contributed by atoms with van der Waals surface area (Å²) in [5.41, 5.74) is 8.97. The molecule has 0 aromatic heterocycles. The van der Waals surface area contributed by atoms with Crippen molar-refractivity contribution in [1.29, 1.82) is 0 Å². The van der Waals surface area contributed by atoms with E-state index in [2.05, 4.69) is 5.48 Å². The summed E-state index contributed by atoms with van der Waals surface area (Å²) in [4.78, 5) is 16.8. The Kier molecular flexibility index (Phi) is 5.31. The molecule has 1 aromatic carbocycles. The van der Waals surface area contributed by atoms with E-state index in [1.54, 1.807) is 0 Å². The van der Waals surface area contributed by atoms with Gasteiger partial charge in [-0.2, -0.15) is 0 Å². The number of carbonyl (C=O) groups is 1. The number of amides is 1. The Labute approximate surface area is 108 Å². The molecule has 0 saturated carbocycles. The van der Waals surface area contributed by atoms with E-state index in [0.29, 0.717) is 6.42 Å². The van der Waals surface area contributed by atoms with Crippen molar-refractivity contribution in [2.75, 3.05) is 0 Å². The lowest BCUT2D eigenvalue weighted by Crippen LogP contribution is -2.43. The Morgan fingerprint density at radius 3 is 2.50 bits per heavy atom. The van der Waals surface area contributed by atoms with Crippen LogP contribution in [-0.2, 0) is 16.1 Å². The molecule has 0 fully saturated rings. The summed E-state index contributed by atoms with van der Waals surface area (Å²) in [6.07, 6.45) is 1.38. The van der Waals surface area contributed by atoms with Crippen LogP contribution in [-0.4, -0.2) is 17.6 Å². The number of aryl methyl sites for hydroxylation is 1. The van der Waals surface area contributed by atoms with Crippen molar-refractivity contribution in [2.24, 2.45) is 5.73 Å². The van der Waals surface area contributed by atoms with E-state index in [4.69, 9.17) is 10.6 Å². The van der Waals surface area contributed by atoms with E-state index >= 15 is 0 Å². The predicted octanol–water partition coefficient (Wildman–Crippen LogP) is 1.79. The van der Waals surface area contributed by atoms with Crippen LogP contribution in [0.15, 0.2) is 30.3 Å². The van der Waals surface area contributed by atoms with Crippen LogP contribution in [0, 0.1) is 0 Å². The fraction of sp³-hybridized carbons (Fsp3) is 0.500. The van der Waals surface area contributed by atoms with Gasteiger partial charge in [0.1, 0.15) is 0 Å². The van der Waals surface area contributed by atoms with E-state index in [-0.39, 0.29) is 5.91 Å². The highest BCUT2D eigenvalue weighted by molar-refractivity contribution is 5.80. The number of benzene rings is 1. The minimum atomic E-state index is -0.549. The maximum Gasteiger partial charge on any atom is 0.260 e. The van der Waals surface area contributed by atoms with Crippen molar-refractivity contribution >= 4 is 5.91 Å². The molecular formula is C14H22N2O2.